The molecule has 3 nitrogen and oxygen atoms in total. The second-order valence-electron chi connectivity index (χ2n) is 4.58. The summed E-state index contributed by atoms with van der Waals surface area (Å²) in [5, 5.41) is 3.23. The van der Waals surface area contributed by atoms with E-state index in [1.165, 1.54) is 13.2 Å². The van der Waals surface area contributed by atoms with E-state index in [2.05, 4.69) is 5.32 Å². The Balaban J connectivity index is 2.31. The molecule has 3 N–H and O–H groups in total. The molecule has 0 aromatic heterocycles. The van der Waals surface area contributed by atoms with E-state index in [-0.39, 0.29) is 23.0 Å². The lowest BCUT2D eigenvalue weighted by Gasteiger charge is -2.26. The average molecular weight is 224 g/mol. The number of nitrogens with one attached hydrogen (secondary N) is 1. The molecular weight excluding hydrogens is 207 g/mol. The number of rotatable bonds is 2. The van der Waals surface area contributed by atoms with E-state index in [0.717, 1.165) is 18.7 Å². The minimum absolute atomic E-state index is 0.146. The molecule has 2 unspecified atom stereocenters. The lowest BCUT2D eigenvalue weighted by atomic mass is 9.84. The molecular formula is C12H17FN2O. The van der Waals surface area contributed by atoms with Crippen LogP contribution in [0.15, 0.2) is 18.2 Å². The maximum atomic E-state index is 13.6. The number of hydrogen-bond acceptors (Lipinski definition) is 3. The van der Waals surface area contributed by atoms with Crippen LogP contribution in [0.5, 0.6) is 5.75 Å². The standard InChI is InChI=1S/C12H17FN2O/c1-12(14)7-15-6-9(12)8-3-4-11(16-2)10(13)5-8/h3-5,9,15H,6-7,14H2,1-2H3. The third kappa shape index (κ3) is 1.90. The molecule has 0 bridgehead atoms. The highest BCUT2D eigenvalue weighted by molar-refractivity contribution is 5.34. The summed E-state index contributed by atoms with van der Waals surface area (Å²) in [6.07, 6.45) is 0. The van der Waals surface area contributed by atoms with Gasteiger partial charge in [0, 0.05) is 24.5 Å². The molecule has 0 aliphatic carbocycles. The monoisotopic (exact) mass is 224 g/mol. The Kier molecular flexibility index (Phi) is 2.86. The predicted octanol–water partition coefficient (Wildman–Crippen LogP) is 1.24. The van der Waals surface area contributed by atoms with Crippen LogP contribution >= 0.6 is 0 Å². The molecule has 1 saturated heterocycles. The van der Waals surface area contributed by atoms with E-state index >= 15 is 0 Å². The fourth-order valence-corrected chi connectivity index (χ4v) is 2.24. The summed E-state index contributed by atoms with van der Waals surface area (Å²) in [4.78, 5) is 0. The Labute approximate surface area is 94.8 Å². The van der Waals surface area contributed by atoms with Crippen molar-refractivity contribution in [3.05, 3.63) is 29.6 Å². The third-order valence-corrected chi connectivity index (χ3v) is 3.23. The minimum Gasteiger partial charge on any atom is -0.494 e. The van der Waals surface area contributed by atoms with Crippen molar-refractivity contribution in [2.45, 2.75) is 18.4 Å². The third-order valence-electron chi connectivity index (χ3n) is 3.23. The van der Waals surface area contributed by atoms with Crippen LogP contribution in [0, 0.1) is 5.82 Å². The van der Waals surface area contributed by atoms with E-state index in [9.17, 15) is 4.39 Å². The second-order valence-corrected chi connectivity index (χ2v) is 4.58. The van der Waals surface area contributed by atoms with Gasteiger partial charge in [-0.05, 0) is 24.6 Å². The minimum atomic E-state index is -0.331. The molecule has 0 saturated carbocycles. The van der Waals surface area contributed by atoms with Crippen LogP contribution in [0.2, 0.25) is 0 Å². The maximum absolute atomic E-state index is 13.6. The van der Waals surface area contributed by atoms with Crippen LogP contribution in [-0.2, 0) is 0 Å². The van der Waals surface area contributed by atoms with E-state index in [1.807, 2.05) is 13.0 Å². The van der Waals surface area contributed by atoms with Gasteiger partial charge in [-0.15, -0.1) is 0 Å². The first kappa shape index (κ1) is 11.4. The topological polar surface area (TPSA) is 47.3 Å². The van der Waals surface area contributed by atoms with Gasteiger partial charge in [-0.1, -0.05) is 6.07 Å². The van der Waals surface area contributed by atoms with Gasteiger partial charge < -0.3 is 15.8 Å². The Morgan fingerprint density at radius 3 is 2.81 bits per heavy atom. The molecule has 1 aromatic rings. The number of halogens is 1. The van der Waals surface area contributed by atoms with E-state index < -0.39 is 0 Å². The van der Waals surface area contributed by atoms with E-state index in [1.54, 1.807) is 6.07 Å². The van der Waals surface area contributed by atoms with Gasteiger partial charge in [0.25, 0.3) is 0 Å². The largest absolute Gasteiger partial charge is 0.494 e. The summed E-state index contributed by atoms with van der Waals surface area (Å²) < 4.78 is 18.5. The molecule has 2 atom stereocenters. The second kappa shape index (κ2) is 4.03. The molecule has 0 spiro atoms. The Morgan fingerprint density at radius 1 is 1.56 bits per heavy atom. The number of ether oxygens (including phenoxy) is 1. The fourth-order valence-electron chi connectivity index (χ4n) is 2.24. The van der Waals surface area contributed by atoms with Gasteiger partial charge in [-0.3, -0.25) is 0 Å². The summed E-state index contributed by atoms with van der Waals surface area (Å²) >= 11 is 0. The molecule has 1 aliphatic rings. The van der Waals surface area contributed by atoms with Gasteiger partial charge >= 0.3 is 0 Å². The zero-order chi connectivity index (χ0) is 11.8. The van der Waals surface area contributed by atoms with Crippen LogP contribution in [0.25, 0.3) is 0 Å². The molecule has 0 amide bonds. The molecule has 1 aliphatic heterocycles. The molecule has 4 heteroatoms. The van der Waals surface area contributed by atoms with Gasteiger partial charge in [0.15, 0.2) is 11.6 Å². The summed E-state index contributed by atoms with van der Waals surface area (Å²) in [5.41, 5.74) is 6.76. The Hall–Kier alpha value is -1.13. The van der Waals surface area contributed by atoms with E-state index in [4.69, 9.17) is 10.5 Å². The predicted molar refractivity (Wildman–Crippen MR) is 61.2 cm³/mol. The lowest BCUT2D eigenvalue weighted by Crippen LogP contribution is -2.42. The molecule has 0 radical (unpaired) electrons. The molecule has 1 fully saturated rings. The SMILES string of the molecule is COc1ccc(C2CNCC2(C)N)cc1F. The number of nitrogens with two attached hydrogens (primary N) is 1. The van der Waals surface area contributed by atoms with Crippen molar-refractivity contribution in [1.29, 1.82) is 0 Å². The van der Waals surface area contributed by atoms with Crippen LogP contribution in [-0.4, -0.2) is 25.7 Å². The zero-order valence-corrected chi connectivity index (χ0v) is 9.59. The quantitative estimate of drug-likeness (QED) is 0.794. The van der Waals surface area contributed by atoms with Crippen molar-refractivity contribution in [3.8, 4) is 5.75 Å². The normalized spacial score (nSPS) is 29.4. The Morgan fingerprint density at radius 2 is 2.31 bits per heavy atom. The average Bonchev–Trinajstić information content (AvgIpc) is 2.58. The molecule has 1 aromatic carbocycles. The fraction of sp³-hybridized carbons (Fsp3) is 0.500. The van der Waals surface area contributed by atoms with Crippen molar-refractivity contribution in [3.63, 3.8) is 0 Å². The number of methoxy groups -OCH3 is 1. The van der Waals surface area contributed by atoms with Crippen LogP contribution in [0.3, 0.4) is 0 Å². The zero-order valence-electron chi connectivity index (χ0n) is 9.59. The lowest BCUT2D eigenvalue weighted by molar-refractivity contribution is 0.384. The first-order chi connectivity index (χ1) is 7.54. The van der Waals surface area contributed by atoms with Crippen molar-refractivity contribution in [1.82, 2.24) is 5.32 Å². The highest BCUT2D eigenvalue weighted by Gasteiger charge is 2.36. The smallest absolute Gasteiger partial charge is 0.165 e. The van der Waals surface area contributed by atoms with Gasteiger partial charge in [0.05, 0.1) is 7.11 Å². The summed E-state index contributed by atoms with van der Waals surface area (Å²) in [5.74, 6) is 0.0871. The molecule has 88 valence electrons. The van der Waals surface area contributed by atoms with Gasteiger partial charge in [0.2, 0.25) is 0 Å². The molecule has 16 heavy (non-hydrogen) atoms. The van der Waals surface area contributed by atoms with Crippen molar-refractivity contribution >= 4 is 0 Å². The van der Waals surface area contributed by atoms with Crippen molar-refractivity contribution < 1.29 is 9.13 Å². The highest BCUT2D eigenvalue weighted by Crippen LogP contribution is 2.31. The first-order valence-electron chi connectivity index (χ1n) is 5.37. The summed E-state index contributed by atoms with van der Waals surface area (Å²) in [6.45, 7) is 3.53. The number of hydrogen-bond donors (Lipinski definition) is 2. The Bertz CT molecular complexity index is 393. The van der Waals surface area contributed by atoms with Crippen molar-refractivity contribution in [2.24, 2.45) is 5.73 Å². The molecule has 1 heterocycles. The summed E-state index contributed by atoms with van der Waals surface area (Å²) in [7, 11) is 1.46. The van der Waals surface area contributed by atoms with Crippen LogP contribution < -0.4 is 15.8 Å². The maximum Gasteiger partial charge on any atom is 0.165 e. The highest BCUT2D eigenvalue weighted by atomic mass is 19.1. The van der Waals surface area contributed by atoms with Crippen molar-refractivity contribution in [2.75, 3.05) is 20.2 Å². The number of benzene rings is 1. The van der Waals surface area contributed by atoms with Gasteiger partial charge in [-0.25, -0.2) is 4.39 Å². The summed E-state index contributed by atoms with van der Waals surface area (Å²) in [6, 6.07) is 5.05. The van der Waals surface area contributed by atoms with Gasteiger partial charge in [-0.2, -0.15) is 0 Å². The van der Waals surface area contributed by atoms with Crippen LogP contribution in [0.4, 0.5) is 4.39 Å². The first-order valence-corrected chi connectivity index (χ1v) is 5.37. The van der Waals surface area contributed by atoms with E-state index in [0.29, 0.717) is 0 Å². The van der Waals surface area contributed by atoms with Gasteiger partial charge in [0.1, 0.15) is 0 Å². The molecule has 2 rings (SSSR count). The van der Waals surface area contributed by atoms with Crippen LogP contribution in [0.1, 0.15) is 18.4 Å².